The number of hydrogen-bond acceptors (Lipinski definition) is 5. The van der Waals surface area contributed by atoms with Gasteiger partial charge in [-0.05, 0) is 30.5 Å². The normalized spacial score (nSPS) is 16.5. The highest BCUT2D eigenvalue weighted by Gasteiger charge is 2.28. The Morgan fingerprint density at radius 1 is 1.13 bits per heavy atom. The fourth-order valence-corrected chi connectivity index (χ4v) is 3.90. The topological polar surface area (TPSA) is 92.8 Å². The molecule has 0 radical (unpaired) electrons. The predicted octanol–water partition coefficient (Wildman–Crippen LogP) is 2.53. The fourth-order valence-electron chi connectivity index (χ4n) is 3.52. The van der Waals surface area contributed by atoms with Crippen LogP contribution >= 0.6 is 0 Å². The van der Waals surface area contributed by atoms with E-state index < -0.39 is 9.84 Å². The summed E-state index contributed by atoms with van der Waals surface area (Å²) in [5.74, 6) is 0.0434. The van der Waals surface area contributed by atoms with Gasteiger partial charge in [-0.3, -0.25) is 9.59 Å². The van der Waals surface area contributed by atoms with E-state index in [2.05, 4.69) is 5.32 Å². The molecule has 0 spiro atoms. The molecule has 0 saturated carbocycles. The van der Waals surface area contributed by atoms with Gasteiger partial charge in [0.2, 0.25) is 11.8 Å². The quantitative estimate of drug-likeness (QED) is 0.675. The highest BCUT2D eigenvalue weighted by atomic mass is 32.2. The summed E-state index contributed by atoms with van der Waals surface area (Å²) in [6, 6.07) is 16.5. The number of amides is 2. The van der Waals surface area contributed by atoms with Crippen molar-refractivity contribution in [2.24, 2.45) is 5.92 Å². The number of carbonyl (C=O) groups is 2. The molecule has 1 aliphatic rings. The molecule has 1 heterocycles. The molecule has 1 saturated heterocycles. The minimum atomic E-state index is -3.10. The van der Waals surface area contributed by atoms with E-state index in [4.69, 9.17) is 4.74 Å². The van der Waals surface area contributed by atoms with E-state index in [1.54, 1.807) is 29.2 Å². The van der Waals surface area contributed by atoms with Crippen LogP contribution in [0.5, 0.6) is 5.75 Å². The molecule has 2 amide bonds. The second kappa shape index (κ2) is 10.4. The number of nitrogens with zero attached hydrogens (tertiary/aromatic N) is 1. The van der Waals surface area contributed by atoms with Crippen LogP contribution in [0, 0.1) is 5.92 Å². The maximum atomic E-state index is 12.8. The number of nitrogens with one attached hydrogen (secondary N) is 1. The van der Waals surface area contributed by atoms with Gasteiger partial charge in [-0.25, -0.2) is 8.42 Å². The number of sulfone groups is 1. The Labute approximate surface area is 183 Å². The lowest BCUT2D eigenvalue weighted by molar-refractivity contribution is -0.133. The third-order valence-electron chi connectivity index (χ3n) is 5.17. The Kier molecular flexibility index (Phi) is 7.68. The maximum absolute atomic E-state index is 12.8. The van der Waals surface area contributed by atoms with Crippen LogP contribution in [0.25, 0.3) is 0 Å². The second-order valence-corrected chi connectivity index (χ2v) is 10.1. The summed E-state index contributed by atoms with van der Waals surface area (Å²) in [6.45, 7) is 1.12. The molecular weight excluding hydrogens is 416 g/mol. The SMILES string of the molecule is CS(=O)(=O)CCOc1cccc(NC(=O)C2CCCN(C(=O)Cc3ccccc3)C2)c1. The van der Waals surface area contributed by atoms with Gasteiger partial charge in [0, 0.05) is 31.1 Å². The number of carbonyl (C=O) groups excluding carboxylic acids is 2. The Balaban J connectivity index is 1.54. The molecule has 8 heteroatoms. The van der Waals surface area contributed by atoms with Crippen molar-refractivity contribution in [3.8, 4) is 5.75 Å². The summed E-state index contributed by atoms with van der Waals surface area (Å²) in [5, 5.41) is 2.89. The summed E-state index contributed by atoms with van der Waals surface area (Å²) in [4.78, 5) is 27.2. The monoisotopic (exact) mass is 444 g/mol. The molecule has 1 unspecified atom stereocenters. The smallest absolute Gasteiger partial charge is 0.229 e. The molecule has 0 bridgehead atoms. The maximum Gasteiger partial charge on any atom is 0.229 e. The average molecular weight is 445 g/mol. The molecule has 0 aromatic heterocycles. The predicted molar refractivity (Wildman–Crippen MR) is 120 cm³/mol. The van der Waals surface area contributed by atoms with Crippen LogP contribution in [-0.2, 0) is 25.8 Å². The van der Waals surface area contributed by atoms with Crippen LogP contribution in [0.4, 0.5) is 5.69 Å². The third kappa shape index (κ3) is 7.40. The zero-order valence-electron chi connectivity index (χ0n) is 17.6. The number of ether oxygens (including phenoxy) is 1. The van der Waals surface area contributed by atoms with Crippen LogP contribution in [0.2, 0.25) is 0 Å². The van der Waals surface area contributed by atoms with Crippen molar-refractivity contribution in [1.29, 1.82) is 0 Å². The van der Waals surface area contributed by atoms with Gasteiger partial charge >= 0.3 is 0 Å². The lowest BCUT2D eigenvalue weighted by Crippen LogP contribution is -2.44. The van der Waals surface area contributed by atoms with E-state index >= 15 is 0 Å². The van der Waals surface area contributed by atoms with E-state index in [1.165, 1.54) is 0 Å². The van der Waals surface area contributed by atoms with E-state index in [-0.39, 0.29) is 30.1 Å². The molecule has 1 aliphatic heterocycles. The van der Waals surface area contributed by atoms with Gasteiger partial charge in [0.1, 0.15) is 12.4 Å². The lowest BCUT2D eigenvalue weighted by Gasteiger charge is -2.32. The third-order valence-corrected chi connectivity index (χ3v) is 6.08. The number of hydrogen-bond donors (Lipinski definition) is 1. The van der Waals surface area contributed by atoms with Crippen molar-refractivity contribution in [1.82, 2.24) is 4.90 Å². The van der Waals surface area contributed by atoms with Crippen molar-refractivity contribution < 1.29 is 22.7 Å². The standard InChI is InChI=1S/C23H28N2O5S/c1-31(28,29)14-13-30-21-11-5-10-20(16-21)24-23(27)19-9-6-12-25(17-19)22(26)15-18-7-3-2-4-8-18/h2-5,7-8,10-11,16,19H,6,9,12-15,17H2,1H3,(H,24,27). The molecule has 2 aromatic rings. The highest BCUT2D eigenvalue weighted by molar-refractivity contribution is 7.90. The number of benzene rings is 2. The first-order valence-corrected chi connectivity index (χ1v) is 12.4. The van der Waals surface area contributed by atoms with Gasteiger partial charge in [0.05, 0.1) is 18.1 Å². The molecule has 0 aliphatic carbocycles. The lowest BCUT2D eigenvalue weighted by atomic mass is 9.96. The van der Waals surface area contributed by atoms with Gasteiger partial charge in [-0.1, -0.05) is 36.4 Å². The summed E-state index contributed by atoms with van der Waals surface area (Å²) < 4.78 is 27.9. The number of likely N-dealkylation sites (tertiary alicyclic amines) is 1. The van der Waals surface area contributed by atoms with Gasteiger partial charge in [-0.2, -0.15) is 0 Å². The summed E-state index contributed by atoms with van der Waals surface area (Å²) in [7, 11) is -3.10. The Bertz CT molecular complexity index is 1010. The van der Waals surface area contributed by atoms with Gasteiger partial charge in [0.15, 0.2) is 9.84 Å². The van der Waals surface area contributed by atoms with Crippen molar-refractivity contribution in [2.45, 2.75) is 19.3 Å². The minimum absolute atomic E-state index is 0.0324. The molecule has 1 N–H and O–H groups in total. The van der Waals surface area contributed by atoms with Crippen LogP contribution in [-0.4, -0.2) is 56.8 Å². The van der Waals surface area contributed by atoms with E-state index in [0.717, 1.165) is 24.7 Å². The van der Waals surface area contributed by atoms with Crippen molar-refractivity contribution >= 4 is 27.3 Å². The van der Waals surface area contributed by atoms with E-state index in [9.17, 15) is 18.0 Å². The first kappa shape index (κ1) is 22.8. The average Bonchev–Trinajstić information content (AvgIpc) is 2.74. The van der Waals surface area contributed by atoms with Crippen LogP contribution in [0.3, 0.4) is 0 Å². The highest BCUT2D eigenvalue weighted by Crippen LogP contribution is 2.22. The molecule has 3 rings (SSSR count). The largest absolute Gasteiger partial charge is 0.492 e. The van der Waals surface area contributed by atoms with Crippen molar-refractivity contribution in [2.75, 3.05) is 37.0 Å². The molecule has 2 aromatic carbocycles. The Morgan fingerprint density at radius 2 is 1.90 bits per heavy atom. The van der Waals surface area contributed by atoms with Gasteiger partial charge < -0.3 is 15.0 Å². The zero-order chi connectivity index (χ0) is 22.3. The Morgan fingerprint density at radius 3 is 2.65 bits per heavy atom. The van der Waals surface area contributed by atoms with E-state index in [1.807, 2.05) is 30.3 Å². The second-order valence-electron chi connectivity index (χ2n) is 7.84. The van der Waals surface area contributed by atoms with Crippen LogP contribution in [0.1, 0.15) is 18.4 Å². The summed E-state index contributed by atoms with van der Waals surface area (Å²) in [6.07, 6.45) is 3.01. The molecular formula is C23H28N2O5S. The van der Waals surface area contributed by atoms with Crippen LogP contribution < -0.4 is 10.1 Å². The number of rotatable bonds is 8. The van der Waals surface area contributed by atoms with Crippen molar-refractivity contribution in [3.05, 3.63) is 60.2 Å². The molecule has 31 heavy (non-hydrogen) atoms. The molecule has 7 nitrogen and oxygen atoms in total. The summed E-state index contributed by atoms with van der Waals surface area (Å²) in [5.41, 5.74) is 1.54. The summed E-state index contributed by atoms with van der Waals surface area (Å²) >= 11 is 0. The van der Waals surface area contributed by atoms with Crippen molar-refractivity contribution in [3.63, 3.8) is 0 Å². The molecule has 166 valence electrons. The minimum Gasteiger partial charge on any atom is -0.492 e. The van der Waals surface area contributed by atoms with Crippen LogP contribution in [0.15, 0.2) is 54.6 Å². The molecule has 1 atom stereocenters. The van der Waals surface area contributed by atoms with E-state index in [0.29, 0.717) is 30.9 Å². The Hall–Kier alpha value is -2.87. The van der Waals surface area contributed by atoms with Gasteiger partial charge in [-0.15, -0.1) is 0 Å². The fraction of sp³-hybridized carbons (Fsp3) is 0.391. The zero-order valence-corrected chi connectivity index (χ0v) is 18.4. The first-order valence-electron chi connectivity index (χ1n) is 10.3. The molecule has 1 fully saturated rings. The number of piperidine rings is 1. The van der Waals surface area contributed by atoms with Gasteiger partial charge in [0.25, 0.3) is 0 Å². The number of anilines is 1. The first-order chi connectivity index (χ1) is 14.8.